The van der Waals surface area contributed by atoms with Crippen molar-refractivity contribution in [2.45, 2.75) is 6.61 Å². The Bertz CT molecular complexity index is 1120. The molecule has 4 nitrogen and oxygen atoms in total. The van der Waals surface area contributed by atoms with Gasteiger partial charge in [0.25, 0.3) is 0 Å². The van der Waals surface area contributed by atoms with Gasteiger partial charge in [-0.25, -0.2) is 22.0 Å². The van der Waals surface area contributed by atoms with E-state index in [1.165, 1.54) is 30.5 Å². The Morgan fingerprint density at radius 1 is 0.931 bits per heavy atom. The normalized spacial score (nSPS) is 14.2. The molecule has 1 aliphatic heterocycles. The Kier molecular flexibility index (Phi) is 4.57. The summed E-state index contributed by atoms with van der Waals surface area (Å²) in [6.07, 6.45) is 2.81. The van der Waals surface area contributed by atoms with Crippen molar-refractivity contribution in [2.24, 2.45) is 0 Å². The predicted molar refractivity (Wildman–Crippen MR) is 88.6 cm³/mol. The van der Waals surface area contributed by atoms with Gasteiger partial charge >= 0.3 is 0 Å². The van der Waals surface area contributed by atoms with Crippen LogP contribution >= 0.6 is 0 Å². The van der Waals surface area contributed by atoms with Gasteiger partial charge in [0, 0.05) is 12.1 Å². The van der Waals surface area contributed by atoms with Gasteiger partial charge in [-0.3, -0.25) is 4.79 Å². The van der Waals surface area contributed by atoms with Crippen LogP contribution in [0.1, 0.15) is 21.7 Å². The Balaban J connectivity index is 1.56. The highest BCUT2D eigenvalue weighted by atomic mass is 19.2. The Morgan fingerprint density at radius 3 is 2.28 bits per heavy atom. The summed E-state index contributed by atoms with van der Waals surface area (Å²) in [5.41, 5.74) is -0.899. The summed E-state index contributed by atoms with van der Waals surface area (Å²) < 4.78 is 82.7. The van der Waals surface area contributed by atoms with E-state index in [9.17, 15) is 26.7 Å². The van der Waals surface area contributed by atoms with Gasteiger partial charge in [0.1, 0.15) is 23.9 Å². The molecule has 0 saturated heterocycles. The number of hydrogen-bond donors (Lipinski definition) is 0. The van der Waals surface area contributed by atoms with Crippen LogP contribution in [0.25, 0.3) is 6.08 Å². The molecule has 0 aliphatic carbocycles. The van der Waals surface area contributed by atoms with Crippen molar-refractivity contribution in [3.05, 3.63) is 88.3 Å². The first-order valence-electron chi connectivity index (χ1n) is 8.11. The maximum absolute atomic E-state index is 13.7. The van der Waals surface area contributed by atoms with Crippen LogP contribution < -0.4 is 9.47 Å². The van der Waals surface area contributed by atoms with Crippen LogP contribution in [0.4, 0.5) is 22.0 Å². The number of hydrogen-bond acceptors (Lipinski definition) is 4. The molecule has 0 N–H and O–H groups in total. The first kappa shape index (κ1) is 18.7. The Hall–Kier alpha value is -3.62. The molecule has 0 atom stereocenters. The summed E-state index contributed by atoms with van der Waals surface area (Å²) in [4.78, 5) is 12.3. The maximum atomic E-state index is 13.7. The van der Waals surface area contributed by atoms with Gasteiger partial charge in [-0.05, 0) is 24.3 Å². The minimum atomic E-state index is -2.25. The molecule has 9 heteroatoms. The van der Waals surface area contributed by atoms with E-state index < -0.39 is 47.0 Å². The highest BCUT2D eigenvalue weighted by Crippen LogP contribution is 2.35. The van der Waals surface area contributed by atoms with E-state index in [1.807, 2.05) is 0 Å². The molecule has 1 aliphatic rings. The first-order chi connectivity index (χ1) is 13.9. The van der Waals surface area contributed by atoms with Crippen molar-refractivity contribution in [3.8, 4) is 11.5 Å². The molecule has 0 fully saturated rings. The first-order valence-corrected chi connectivity index (χ1v) is 8.11. The lowest BCUT2D eigenvalue weighted by Crippen LogP contribution is -2.09. The molecular weight excluding hydrogens is 399 g/mol. The molecule has 0 amide bonds. The van der Waals surface area contributed by atoms with Crippen molar-refractivity contribution in [3.63, 3.8) is 0 Å². The van der Waals surface area contributed by atoms with E-state index in [4.69, 9.17) is 13.9 Å². The topological polar surface area (TPSA) is 48.7 Å². The summed E-state index contributed by atoms with van der Waals surface area (Å²) in [6, 6.07) is 7.17. The fraction of sp³-hybridized carbons (Fsp3) is 0.0500. The standard InChI is InChI=1S/C20H9F5O4/c21-15-12(16(22)18(24)19(25)17(15)23)8-28-10-3-4-11-13(6-10)29-14(20(11)26)7-9-2-1-5-27-9/h1-7H,8H2. The molecule has 4 rings (SSSR count). The predicted octanol–water partition coefficient (Wildman–Crippen LogP) is 5.17. The van der Waals surface area contributed by atoms with E-state index in [0.717, 1.165) is 0 Å². The highest BCUT2D eigenvalue weighted by Gasteiger charge is 2.29. The van der Waals surface area contributed by atoms with Crippen LogP contribution in [-0.4, -0.2) is 5.78 Å². The number of Topliss-reactive ketones (excluding diaryl/α,β-unsaturated/α-hetero) is 1. The van der Waals surface area contributed by atoms with E-state index in [-0.39, 0.29) is 22.8 Å². The minimum absolute atomic E-state index is 0.000241. The number of carbonyl (C=O) groups excluding carboxylic acids is 1. The van der Waals surface area contributed by atoms with Crippen molar-refractivity contribution in [1.82, 2.24) is 0 Å². The zero-order valence-electron chi connectivity index (χ0n) is 14.3. The van der Waals surface area contributed by atoms with Crippen molar-refractivity contribution in [2.75, 3.05) is 0 Å². The third-order valence-corrected chi connectivity index (χ3v) is 4.14. The van der Waals surface area contributed by atoms with Crippen LogP contribution in [0.5, 0.6) is 11.5 Å². The summed E-state index contributed by atoms with van der Waals surface area (Å²) >= 11 is 0. The highest BCUT2D eigenvalue weighted by molar-refractivity contribution is 6.14. The largest absolute Gasteiger partial charge is 0.489 e. The third kappa shape index (κ3) is 3.24. The number of furan rings is 1. The molecule has 3 aromatic rings. The van der Waals surface area contributed by atoms with Crippen molar-refractivity contribution in [1.29, 1.82) is 0 Å². The fourth-order valence-corrected chi connectivity index (χ4v) is 2.69. The van der Waals surface area contributed by atoms with Gasteiger partial charge in [0.15, 0.2) is 29.0 Å². The molecule has 0 bridgehead atoms. The SMILES string of the molecule is O=C1C(=Cc2ccco2)Oc2cc(OCc3c(F)c(F)c(F)c(F)c3F)ccc21. The number of allylic oxidation sites excluding steroid dienone is 1. The lowest BCUT2D eigenvalue weighted by atomic mass is 10.1. The van der Waals surface area contributed by atoms with Gasteiger partial charge in [0.2, 0.25) is 11.6 Å². The zero-order chi connectivity index (χ0) is 20.7. The summed E-state index contributed by atoms with van der Waals surface area (Å²) in [6.45, 7) is -0.923. The van der Waals surface area contributed by atoms with E-state index in [1.54, 1.807) is 12.1 Å². The molecule has 148 valence electrons. The van der Waals surface area contributed by atoms with Gasteiger partial charge in [-0.2, -0.15) is 0 Å². The number of carbonyl (C=O) groups is 1. The number of rotatable bonds is 4. The van der Waals surface area contributed by atoms with E-state index in [0.29, 0.717) is 5.76 Å². The summed E-state index contributed by atoms with van der Waals surface area (Å²) in [5.74, 6) is -10.2. The second kappa shape index (κ2) is 7.08. The molecule has 29 heavy (non-hydrogen) atoms. The third-order valence-electron chi connectivity index (χ3n) is 4.14. The van der Waals surface area contributed by atoms with E-state index in [2.05, 4.69) is 0 Å². The quantitative estimate of drug-likeness (QED) is 0.259. The maximum Gasteiger partial charge on any atom is 0.232 e. The second-order valence-corrected chi connectivity index (χ2v) is 5.95. The monoisotopic (exact) mass is 408 g/mol. The molecule has 0 saturated carbocycles. The zero-order valence-corrected chi connectivity index (χ0v) is 14.3. The van der Waals surface area contributed by atoms with Crippen LogP contribution in [0, 0.1) is 29.1 Å². The van der Waals surface area contributed by atoms with Crippen LogP contribution in [-0.2, 0) is 6.61 Å². The van der Waals surface area contributed by atoms with Gasteiger partial charge in [0.05, 0.1) is 17.4 Å². The molecule has 0 unspecified atom stereocenters. The average Bonchev–Trinajstić information content (AvgIpc) is 3.33. The smallest absolute Gasteiger partial charge is 0.232 e. The van der Waals surface area contributed by atoms with Crippen LogP contribution in [0.15, 0.2) is 46.8 Å². The van der Waals surface area contributed by atoms with Crippen molar-refractivity contribution >= 4 is 11.9 Å². The molecule has 1 aromatic heterocycles. The summed E-state index contributed by atoms with van der Waals surface area (Å²) in [5, 5.41) is 0. The number of benzene rings is 2. The Labute approximate surface area is 159 Å². The van der Waals surface area contributed by atoms with Gasteiger partial charge in [-0.1, -0.05) is 0 Å². The summed E-state index contributed by atoms with van der Waals surface area (Å²) in [7, 11) is 0. The van der Waals surface area contributed by atoms with Gasteiger partial charge in [-0.15, -0.1) is 0 Å². The Morgan fingerprint density at radius 2 is 1.62 bits per heavy atom. The molecular formula is C20H9F5O4. The number of fused-ring (bicyclic) bond motifs is 1. The molecule has 2 aromatic carbocycles. The number of ketones is 1. The minimum Gasteiger partial charge on any atom is -0.489 e. The van der Waals surface area contributed by atoms with Crippen LogP contribution in [0.3, 0.4) is 0 Å². The number of ether oxygens (including phenoxy) is 2. The number of halogens is 5. The lowest BCUT2D eigenvalue weighted by Gasteiger charge is -2.10. The molecule has 0 radical (unpaired) electrons. The fourth-order valence-electron chi connectivity index (χ4n) is 2.69. The van der Waals surface area contributed by atoms with Gasteiger partial charge < -0.3 is 13.9 Å². The van der Waals surface area contributed by atoms with Crippen LogP contribution in [0.2, 0.25) is 0 Å². The van der Waals surface area contributed by atoms with E-state index >= 15 is 0 Å². The van der Waals surface area contributed by atoms with Crippen molar-refractivity contribution < 1.29 is 40.6 Å². The average molecular weight is 408 g/mol. The lowest BCUT2D eigenvalue weighted by molar-refractivity contribution is 0.101. The molecule has 0 spiro atoms. The second-order valence-electron chi connectivity index (χ2n) is 5.95. The molecule has 2 heterocycles.